The SMILES string of the molecule is CCOC(=O)c1c(NC(=O)C2CCCN(S(C)(=O)=O)C2)sc(C)c1C. The number of aryl methyl sites for hydroxylation is 1. The summed E-state index contributed by atoms with van der Waals surface area (Å²) in [7, 11) is -3.31. The topological polar surface area (TPSA) is 92.8 Å². The van der Waals surface area contributed by atoms with Crippen molar-refractivity contribution in [2.75, 3.05) is 31.3 Å². The molecule has 1 N–H and O–H groups in total. The molecular formula is C16H24N2O5S2. The number of hydrogen-bond donors (Lipinski definition) is 1. The maximum atomic E-state index is 12.6. The van der Waals surface area contributed by atoms with Gasteiger partial charge in [0, 0.05) is 18.0 Å². The van der Waals surface area contributed by atoms with Crippen molar-refractivity contribution < 1.29 is 22.7 Å². The molecule has 1 unspecified atom stereocenters. The minimum Gasteiger partial charge on any atom is -0.462 e. The van der Waals surface area contributed by atoms with Crippen LogP contribution in [0.1, 0.15) is 40.6 Å². The predicted molar refractivity (Wildman–Crippen MR) is 97.5 cm³/mol. The predicted octanol–water partition coefficient (Wildman–Crippen LogP) is 2.15. The molecule has 0 spiro atoms. The molecule has 0 saturated carbocycles. The average Bonchev–Trinajstić information content (AvgIpc) is 2.81. The number of carbonyl (C=O) groups is 2. The quantitative estimate of drug-likeness (QED) is 0.780. The molecule has 1 aliphatic rings. The first-order chi connectivity index (χ1) is 11.6. The number of rotatable bonds is 5. The second-order valence-electron chi connectivity index (χ2n) is 6.16. The van der Waals surface area contributed by atoms with Crippen LogP contribution in [0.15, 0.2) is 0 Å². The first kappa shape index (κ1) is 19.9. The second kappa shape index (κ2) is 7.84. The number of esters is 1. The van der Waals surface area contributed by atoms with E-state index in [1.54, 1.807) is 6.92 Å². The number of sulfonamides is 1. The number of carbonyl (C=O) groups excluding carboxylic acids is 2. The summed E-state index contributed by atoms with van der Waals surface area (Å²) in [6.07, 6.45) is 2.41. The van der Waals surface area contributed by atoms with Gasteiger partial charge < -0.3 is 10.1 Å². The van der Waals surface area contributed by atoms with Gasteiger partial charge in [-0.1, -0.05) is 0 Å². The van der Waals surface area contributed by atoms with Crippen LogP contribution in [0.5, 0.6) is 0 Å². The minimum absolute atomic E-state index is 0.169. The Hall–Kier alpha value is -1.45. The summed E-state index contributed by atoms with van der Waals surface area (Å²) in [5.41, 5.74) is 1.17. The summed E-state index contributed by atoms with van der Waals surface area (Å²) in [6, 6.07) is 0. The summed E-state index contributed by atoms with van der Waals surface area (Å²) in [5.74, 6) is -1.15. The van der Waals surface area contributed by atoms with Gasteiger partial charge in [-0.25, -0.2) is 17.5 Å². The summed E-state index contributed by atoms with van der Waals surface area (Å²) < 4.78 is 29.8. The van der Waals surface area contributed by atoms with Crippen molar-refractivity contribution in [2.45, 2.75) is 33.6 Å². The van der Waals surface area contributed by atoms with Gasteiger partial charge in [-0.2, -0.15) is 0 Å². The summed E-state index contributed by atoms with van der Waals surface area (Å²) in [5, 5.41) is 3.28. The number of hydrogen-bond acceptors (Lipinski definition) is 6. The van der Waals surface area contributed by atoms with Crippen molar-refractivity contribution in [3.8, 4) is 0 Å². The highest BCUT2D eigenvalue weighted by Crippen LogP contribution is 2.34. The standard InChI is InChI=1S/C16H24N2O5S2/c1-5-23-16(20)13-10(2)11(3)24-15(13)17-14(19)12-7-6-8-18(9-12)25(4,21)22/h12H,5-9H2,1-4H3,(H,17,19). The normalized spacial score (nSPS) is 18.8. The van der Waals surface area contributed by atoms with E-state index in [2.05, 4.69) is 5.32 Å². The van der Waals surface area contributed by atoms with Crippen molar-refractivity contribution in [2.24, 2.45) is 5.92 Å². The van der Waals surface area contributed by atoms with Crippen LogP contribution in [0.4, 0.5) is 5.00 Å². The Balaban J connectivity index is 2.18. The van der Waals surface area contributed by atoms with Crippen LogP contribution < -0.4 is 5.32 Å². The molecule has 0 radical (unpaired) electrons. The average molecular weight is 389 g/mol. The Labute approximate surface area is 152 Å². The third-order valence-electron chi connectivity index (χ3n) is 4.33. The highest BCUT2D eigenvalue weighted by atomic mass is 32.2. The van der Waals surface area contributed by atoms with Crippen LogP contribution in [0.3, 0.4) is 0 Å². The molecule has 1 fully saturated rings. The van der Waals surface area contributed by atoms with E-state index < -0.39 is 21.9 Å². The smallest absolute Gasteiger partial charge is 0.341 e. The van der Waals surface area contributed by atoms with Crippen LogP contribution in [0.25, 0.3) is 0 Å². The first-order valence-corrected chi connectivity index (χ1v) is 10.8. The van der Waals surface area contributed by atoms with E-state index in [0.717, 1.165) is 16.7 Å². The van der Waals surface area contributed by atoms with Gasteiger partial charge in [0.15, 0.2) is 0 Å². The first-order valence-electron chi connectivity index (χ1n) is 8.18. The molecule has 140 valence electrons. The number of nitrogens with one attached hydrogen (secondary N) is 1. The molecule has 0 aliphatic carbocycles. The molecule has 2 rings (SSSR count). The summed E-state index contributed by atoms with van der Waals surface area (Å²) >= 11 is 1.33. The molecule has 1 aliphatic heterocycles. The van der Waals surface area contributed by atoms with Crippen LogP contribution in [0, 0.1) is 19.8 Å². The monoisotopic (exact) mass is 388 g/mol. The van der Waals surface area contributed by atoms with Gasteiger partial charge in [0.2, 0.25) is 15.9 Å². The van der Waals surface area contributed by atoms with Gasteiger partial charge in [0.25, 0.3) is 0 Å². The Morgan fingerprint density at radius 1 is 1.36 bits per heavy atom. The van der Waals surface area contributed by atoms with Crippen molar-refractivity contribution in [1.29, 1.82) is 0 Å². The van der Waals surface area contributed by atoms with Gasteiger partial charge in [-0.15, -0.1) is 11.3 Å². The van der Waals surface area contributed by atoms with E-state index in [0.29, 0.717) is 30.0 Å². The molecule has 9 heteroatoms. The molecule has 7 nitrogen and oxygen atoms in total. The van der Waals surface area contributed by atoms with E-state index in [4.69, 9.17) is 4.74 Å². The third-order valence-corrected chi connectivity index (χ3v) is 6.72. The van der Waals surface area contributed by atoms with Crippen LogP contribution >= 0.6 is 11.3 Å². The van der Waals surface area contributed by atoms with Crippen molar-refractivity contribution >= 4 is 38.2 Å². The van der Waals surface area contributed by atoms with Crippen molar-refractivity contribution in [1.82, 2.24) is 4.31 Å². The molecule has 0 bridgehead atoms. The number of thiophene rings is 1. The van der Waals surface area contributed by atoms with Gasteiger partial charge >= 0.3 is 5.97 Å². The van der Waals surface area contributed by atoms with Crippen LogP contribution in [-0.2, 0) is 19.6 Å². The third kappa shape index (κ3) is 4.59. The number of anilines is 1. The second-order valence-corrected chi connectivity index (χ2v) is 9.36. The lowest BCUT2D eigenvalue weighted by molar-refractivity contribution is -0.120. The van der Waals surface area contributed by atoms with Gasteiger partial charge in [-0.3, -0.25) is 4.79 Å². The van der Waals surface area contributed by atoms with Gasteiger partial charge in [0.1, 0.15) is 5.00 Å². The molecule has 1 saturated heterocycles. The van der Waals surface area contributed by atoms with Crippen LogP contribution in [-0.4, -0.2) is 50.6 Å². The Morgan fingerprint density at radius 3 is 2.64 bits per heavy atom. The fourth-order valence-electron chi connectivity index (χ4n) is 2.84. The number of piperidine rings is 1. The summed E-state index contributed by atoms with van der Waals surface area (Å²) in [4.78, 5) is 25.7. The largest absolute Gasteiger partial charge is 0.462 e. The lowest BCUT2D eigenvalue weighted by atomic mass is 9.99. The van der Waals surface area contributed by atoms with Crippen molar-refractivity contribution in [3.63, 3.8) is 0 Å². The molecule has 1 aromatic heterocycles. The molecule has 2 heterocycles. The number of nitrogens with zero attached hydrogens (tertiary/aromatic N) is 1. The van der Waals surface area contributed by atoms with E-state index in [1.165, 1.54) is 15.6 Å². The van der Waals surface area contributed by atoms with E-state index in [-0.39, 0.29) is 19.1 Å². The molecule has 1 aromatic rings. The zero-order valence-electron chi connectivity index (χ0n) is 14.9. The van der Waals surface area contributed by atoms with Gasteiger partial charge in [0.05, 0.1) is 24.3 Å². The zero-order valence-corrected chi connectivity index (χ0v) is 16.6. The molecular weight excluding hydrogens is 364 g/mol. The number of amides is 1. The number of ether oxygens (including phenoxy) is 1. The van der Waals surface area contributed by atoms with Gasteiger partial charge in [-0.05, 0) is 39.2 Å². The Bertz CT molecular complexity index is 770. The lowest BCUT2D eigenvalue weighted by Gasteiger charge is -2.30. The van der Waals surface area contributed by atoms with Crippen molar-refractivity contribution in [3.05, 3.63) is 16.0 Å². The lowest BCUT2D eigenvalue weighted by Crippen LogP contribution is -2.43. The highest BCUT2D eigenvalue weighted by molar-refractivity contribution is 7.88. The maximum absolute atomic E-state index is 12.6. The fraction of sp³-hybridized carbons (Fsp3) is 0.625. The fourth-order valence-corrected chi connectivity index (χ4v) is 4.80. The molecule has 1 amide bonds. The minimum atomic E-state index is -3.31. The zero-order chi connectivity index (χ0) is 18.8. The van der Waals surface area contributed by atoms with E-state index in [9.17, 15) is 18.0 Å². The molecule has 0 aromatic carbocycles. The molecule has 1 atom stereocenters. The van der Waals surface area contributed by atoms with E-state index >= 15 is 0 Å². The van der Waals surface area contributed by atoms with Crippen LogP contribution in [0.2, 0.25) is 0 Å². The maximum Gasteiger partial charge on any atom is 0.341 e. The van der Waals surface area contributed by atoms with E-state index in [1.807, 2.05) is 13.8 Å². The Kier molecular flexibility index (Phi) is 6.23. The molecule has 25 heavy (non-hydrogen) atoms. The summed E-state index contributed by atoms with van der Waals surface area (Å²) in [6.45, 7) is 6.29. The Morgan fingerprint density at radius 2 is 2.04 bits per heavy atom. The highest BCUT2D eigenvalue weighted by Gasteiger charge is 2.31.